The quantitative estimate of drug-likeness (QED) is 0.461. The van der Waals surface area contributed by atoms with Crippen LogP contribution in [0.5, 0.6) is 11.5 Å². The number of hydrogen-bond acceptors (Lipinski definition) is 5. The molecule has 182 valence electrons. The minimum atomic E-state index is -0.520. The van der Waals surface area contributed by atoms with E-state index >= 15 is 0 Å². The molecule has 1 aromatic heterocycles. The SMILES string of the molecule is CC1=C(C(=O)Nc2ccccn2)C(c2cccc(Oc3ccccc3)c2)C2=C(CC(C)(C)CC2=O)N1. The Bertz CT molecular complexity index is 1370. The van der Waals surface area contributed by atoms with Crippen LogP contribution in [0, 0.1) is 5.41 Å². The molecule has 0 saturated heterocycles. The second-order valence-electron chi connectivity index (χ2n) is 10.1. The van der Waals surface area contributed by atoms with Crippen LogP contribution in [0.1, 0.15) is 45.1 Å². The van der Waals surface area contributed by atoms with E-state index in [9.17, 15) is 9.59 Å². The van der Waals surface area contributed by atoms with Crippen LogP contribution in [0.4, 0.5) is 5.82 Å². The highest BCUT2D eigenvalue weighted by Gasteiger charge is 2.42. The van der Waals surface area contributed by atoms with Gasteiger partial charge >= 0.3 is 0 Å². The monoisotopic (exact) mass is 479 g/mol. The van der Waals surface area contributed by atoms with E-state index < -0.39 is 5.92 Å². The van der Waals surface area contributed by atoms with Gasteiger partial charge in [0, 0.05) is 41.1 Å². The van der Waals surface area contributed by atoms with Crippen LogP contribution < -0.4 is 15.4 Å². The zero-order valence-corrected chi connectivity index (χ0v) is 20.7. The summed E-state index contributed by atoms with van der Waals surface area (Å²) in [6, 6.07) is 22.5. The van der Waals surface area contributed by atoms with E-state index in [0.717, 1.165) is 29.1 Å². The Morgan fingerprint density at radius 3 is 2.50 bits per heavy atom. The third kappa shape index (κ3) is 4.80. The van der Waals surface area contributed by atoms with E-state index in [2.05, 4.69) is 29.5 Å². The van der Waals surface area contributed by atoms with Gasteiger partial charge in [0.2, 0.25) is 0 Å². The number of Topliss-reactive ketones (excluding diaryl/α,β-unsaturated/α-hetero) is 1. The smallest absolute Gasteiger partial charge is 0.255 e. The summed E-state index contributed by atoms with van der Waals surface area (Å²) in [4.78, 5) is 31.4. The van der Waals surface area contributed by atoms with Gasteiger partial charge in [0.1, 0.15) is 17.3 Å². The van der Waals surface area contributed by atoms with Gasteiger partial charge in [0.15, 0.2) is 5.78 Å². The first-order valence-corrected chi connectivity index (χ1v) is 12.1. The number of dihydropyridines is 1. The molecule has 6 nitrogen and oxygen atoms in total. The summed E-state index contributed by atoms with van der Waals surface area (Å²) in [7, 11) is 0. The second-order valence-corrected chi connectivity index (χ2v) is 10.1. The molecule has 0 spiro atoms. The minimum absolute atomic E-state index is 0.0590. The van der Waals surface area contributed by atoms with Gasteiger partial charge < -0.3 is 15.4 Å². The largest absolute Gasteiger partial charge is 0.457 e. The highest BCUT2D eigenvalue weighted by molar-refractivity contribution is 6.09. The van der Waals surface area contributed by atoms with Gasteiger partial charge in [-0.1, -0.05) is 50.2 Å². The lowest BCUT2D eigenvalue weighted by Crippen LogP contribution is -2.39. The third-order valence-corrected chi connectivity index (χ3v) is 6.56. The molecular formula is C30H29N3O3. The summed E-state index contributed by atoms with van der Waals surface area (Å²) in [5.74, 6) is 1.07. The molecule has 1 amide bonds. The number of ether oxygens (including phenoxy) is 1. The molecule has 1 aliphatic heterocycles. The van der Waals surface area contributed by atoms with Gasteiger partial charge in [-0.2, -0.15) is 0 Å². The van der Waals surface area contributed by atoms with Crippen molar-refractivity contribution in [2.45, 2.75) is 39.5 Å². The van der Waals surface area contributed by atoms with Crippen molar-refractivity contribution in [3.05, 3.63) is 107 Å². The molecule has 2 aromatic carbocycles. The van der Waals surface area contributed by atoms with Gasteiger partial charge in [-0.15, -0.1) is 0 Å². The number of aromatic nitrogens is 1. The summed E-state index contributed by atoms with van der Waals surface area (Å²) in [5, 5.41) is 6.31. The first-order chi connectivity index (χ1) is 17.3. The van der Waals surface area contributed by atoms with Gasteiger partial charge in [0.05, 0.1) is 0 Å². The molecule has 2 aliphatic rings. The lowest BCUT2D eigenvalue weighted by atomic mass is 9.68. The van der Waals surface area contributed by atoms with Crippen molar-refractivity contribution in [3.63, 3.8) is 0 Å². The summed E-state index contributed by atoms with van der Waals surface area (Å²) >= 11 is 0. The predicted molar refractivity (Wildman–Crippen MR) is 139 cm³/mol. The van der Waals surface area contributed by atoms with Crippen LogP contribution in [0.2, 0.25) is 0 Å². The lowest BCUT2D eigenvalue weighted by Gasteiger charge is -2.39. The number of amides is 1. The predicted octanol–water partition coefficient (Wildman–Crippen LogP) is 6.12. The highest BCUT2D eigenvalue weighted by atomic mass is 16.5. The number of carbonyl (C=O) groups is 2. The Kier molecular flexibility index (Phi) is 6.18. The van der Waals surface area contributed by atoms with Crippen LogP contribution in [0.15, 0.2) is 102 Å². The summed E-state index contributed by atoms with van der Waals surface area (Å²) in [5.41, 5.74) is 3.46. The number of anilines is 1. The minimum Gasteiger partial charge on any atom is -0.457 e. The average molecular weight is 480 g/mol. The third-order valence-electron chi connectivity index (χ3n) is 6.56. The molecule has 0 radical (unpaired) electrons. The molecular weight excluding hydrogens is 450 g/mol. The fourth-order valence-corrected chi connectivity index (χ4v) is 5.07. The Labute approximate surface area is 211 Å². The molecule has 0 saturated carbocycles. The van der Waals surface area contributed by atoms with Crippen molar-refractivity contribution in [2.24, 2.45) is 5.41 Å². The van der Waals surface area contributed by atoms with Gasteiger partial charge in [-0.25, -0.2) is 4.98 Å². The molecule has 6 heteroatoms. The first-order valence-electron chi connectivity index (χ1n) is 12.1. The van der Waals surface area contributed by atoms with E-state index in [1.807, 2.05) is 67.6 Å². The number of rotatable bonds is 5. The number of hydrogen-bond donors (Lipinski definition) is 2. The Morgan fingerprint density at radius 2 is 1.75 bits per heavy atom. The first kappa shape index (κ1) is 23.5. The Hall–Kier alpha value is -4.19. The molecule has 36 heavy (non-hydrogen) atoms. The lowest BCUT2D eigenvalue weighted by molar-refractivity contribution is -0.118. The molecule has 0 fully saturated rings. The molecule has 5 rings (SSSR count). The maximum atomic E-state index is 13.6. The fraction of sp³-hybridized carbons (Fsp3) is 0.233. The Morgan fingerprint density at radius 1 is 1.00 bits per heavy atom. The normalized spacial score (nSPS) is 18.9. The van der Waals surface area contributed by atoms with E-state index in [1.165, 1.54) is 0 Å². The van der Waals surface area contributed by atoms with Gasteiger partial charge in [0.25, 0.3) is 5.91 Å². The highest BCUT2D eigenvalue weighted by Crippen LogP contribution is 2.47. The van der Waals surface area contributed by atoms with Crippen molar-refractivity contribution in [1.82, 2.24) is 10.3 Å². The molecule has 2 N–H and O–H groups in total. The van der Waals surface area contributed by atoms with Gasteiger partial charge in [-0.3, -0.25) is 9.59 Å². The number of nitrogens with one attached hydrogen (secondary N) is 2. The fourth-order valence-electron chi connectivity index (χ4n) is 5.07. The van der Waals surface area contributed by atoms with E-state index in [4.69, 9.17) is 4.74 Å². The van der Waals surface area contributed by atoms with Crippen LogP contribution in [-0.2, 0) is 9.59 Å². The Balaban J connectivity index is 1.58. The number of pyridine rings is 1. The topological polar surface area (TPSA) is 80.3 Å². The molecule has 1 atom stereocenters. The maximum Gasteiger partial charge on any atom is 0.255 e. The summed E-state index contributed by atoms with van der Waals surface area (Å²) in [6.45, 7) is 6.09. The number of carbonyl (C=O) groups excluding carboxylic acids is 2. The van der Waals surface area contributed by atoms with Gasteiger partial charge in [-0.05, 0) is 60.7 Å². The van der Waals surface area contributed by atoms with Crippen molar-refractivity contribution in [3.8, 4) is 11.5 Å². The number of allylic oxidation sites excluding steroid dienone is 3. The number of benzene rings is 2. The average Bonchev–Trinajstić information content (AvgIpc) is 2.83. The van der Waals surface area contributed by atoms with Crippen molar-refractivity contribution < 1.29 is 14.3 Å². The molecule has 3 aromatic rings. The number of ketones is 1. The number of para-hydroxylation sites is 1. The zero-order valence-electron chi connectivity index (χ0n) is 20.7. The molecule has 1 aliphatic carbocycles. The maximum absolute atomic E-state index is 13.6. The van der Waals surface area contributed by atoms with Crippen molar-refractivity contribution >= 4 is 17.5 Å². The molecule has 0 bridgehead atoms. The van der Waals surface area contributed by atoms with Crippen LogP contribution in [0.3, 0.4) is 0 Å². The summed E-state index contributed by atoms with van der Waals surface area (Å²) in [6.07, 6.45) is 2.79. The van der Waals surface area contributed by atoms with Crippen LogP contribution in [-0.4, -0.2) is 16.7 Å². The second kappa shape index (κ2) is 9.46. The summed E-state index contributed by atoms with van der Waals surface area (Å²) < 4.78 is 6.08. The van der Waals surface area contributed by atoms with E-state index in [0.29, 0.717) is 29.1 Å². The van der Waals surface area contributed by atoms with Crippen LogP contribution in [0.25, 0.3) is 0 Å². The van der Waals surface area contributed by atoms with Crippen molar-refractivity contribution in [2.75, 3.05) is 5.32 Å². The molecule has 2 heterocycles. The van der Waals surface area contributed by atoms with E-state index in [1.54, 1.807) is 18.3 Å². The zero-order chi connectivity index (χ0) is 25.3. The van der Waals surface area contributed by atoms with E-state index in [-0.39, 0.29) is 17.1 Å². The molecule has 1 unspecified atom stereocenters. The van der Waals surface area contributed by atoms with Crippen LogP contribution >= 0.6 is 0 Å². The van der Waals surface area contributed by atoms with Crippen molar-refractivity contribution in [1.29, 1.82) is 0 Å². The standard InChI is InChI=1S/C30H29N3O3/c1-19-26(29(35)33-25-14-7-8-15-31-25)27(28-23(32-19)17-30(2,3)18-24(28)34)20-10-9-13-22(16-20)36-21-11-5-4-6-12-21/h4-16,27,32H,17-18H2,1-3H3,(H,31,33,35). The number of nitrogens with zero attached hydrogens (tertiary/aromatic N) is 1.